The van der Waals surface area contributed by atoms with E-state index in [4.69, 9.17) is 14.2 Å². The van der Waals surface area contributed by atoms with Crippen LogP contribution >= 0.6 is 0 Å². The molecule has 0 saturated heterocycles. The summed E-state index contributed by atoms with van der Waals surface area (Å²) in [6.45, 7) is 8.35. The van der Waals surface area contributed by atoms with Gasteiger partial charge in [-0.05, 0) is 40.0 Å². The molecule has 0 radical (unpaired) electrons. The van der Waals surface area contributed by atoms with Gasteiger partial charge in [0.1, 0.15) is 5.78 Å². The molecule has 0 amide bonds. The van der Waals surface area contributed by atoms with Crippen LogP contribution in [0.3, 0.4) is 0 Å². The minimum atomic E-state index is -3.53. The van der Waals surface area contributed by atoms with Crippen molar-refractivity contribution in [3.63, 3.8) is 0 Å². The van der Waals surface area contributed by atoms with Gasteiger partial charge < -0.3 is 19.3 Å². The summed E-state index contributed by atoms with van der Waals surface area (Å²) in [4.78, 5) is 80.8. The van der Waals surface area contributed by atoms with Gasteiger partial charge in [-0.2, -0.15) is 0 Å². The number of carbonyl (C=O) groups excluding carboxylic acids is 6. The number of hydrogen-bond donors (Lipinski definition) is 1. The average Bonchev–Trinajstić information content (AvgIpc) is 2.99. The molecule has 0 bridgehead atoms. The van der Waals surface area contributed by atoms with Crippen molar-refractivity contribution < 1.29 is 48.1 Å². The molecule has 10 heteroatoms. The molecule has 0 spiro atoms. The van der Waals surface area contributed by atoms with Crippen molar-refractivity contribution in [1.82, 2.24) is 0 Å². The first-order chi connectivity index (χ1) is 21.9. The molecule has 0 saturated carbocycles. The third-order valence-corrected chi connectivity index (χ3v) is 8.51. The molecule has 0 aliphatic carbocycles. The topological polar surface area (TPSA) is 150 Å². The molecule has 0 aromatic carbocycles. The predicted molar refractivity (Wildman–Crippen MR) is 176 cm³/mol. The van der Waals surface area contributed by atoms with E-state index in [9.17, 15) is 33.9 Å². The van der Waals surface area contributed by atoms with Gasteiger partial charge in [0.05, 0.1) is 19.8 Å². The van der Waals surface area contributed by atoms with Crippen molar-refractivity contribution in [3.8, 4) is 0 Å². The van der Waals surface area contributed by atoms with Crippen LogP contribution in [0.5, 0.6) is 0 Å². The number of esters is 3. The SMILES string of the molecule is CCCCCCCCOC(=O)C(C(C)=O)C(O)(C(=O)OCCCCCCCC)C(C(C)=O)(C(C)=O)C(=O)OCCCCCCCC. The molecular weight excluding hydrogens is 592 g/mol. The molecule has 266 valence electrons. The van der Waals surface area contributed by atoms with E-state index in [1.54, 1.807) is 0 Å². The number of unbranched alkanes of at least 4 members (excludes halogenated alkanes) is 15. The van der Waals surface area contributed by atoms with E-state index in [0.29, 0.717) is 32.1 Å². The summed E-state index contributed by atoms with van der Waals surface area (Å²) in [5, 5.41) is 12.2. The summed E-state index contributed by atoms with van der Waals surface area (Å²) in [6.07, 6.45) is 15.5. The van der Waals surface area contributed by atoms with Gasteiger partial charge in [-0.3, -0.25) is 24.0 Å². The van der Waals surface area contributed by atoms with Gasteiger partial charge in [0.15, 0.2) is 17.5 Å². The van der Waals surface area contributed by atoms with E-state index in [-0.39, 0.29) is 19.8 Å². The molecule has 1 N–H and O–H groups in total. The number of aliphatic hydroxyl groups is 1. The van der Waals surface area contributed by atoms with Crippen LogP contribution in [0.25, 0.3) is 0 Å². The number of Topliss-reactive ketones (excluding diaryl/α,β-unsaturated/α-hetero) is 3. The summed E-state index contributed by atoms with van der Waals surface area (Å²) in [5.41, 5.74) is -6.77. The molecule has 0 aromatic heterocycles. The zero-order valence-electron chi connectivity index (χ0n) is 29.5. The minimum absolute atomic E-state index is 0.118. The highest BCUT2D eigenvalue weighted by molar-refractivity contribution is 6.27. The van der Waals surface area contributed by atoms with Gasteiger partial charge in [0.2, 0.25) is 11.0 Å². The highest BCUT2D eigenvalue weighted by atomic mass is 16.6. The summed E-state index contributed by atoms with van der Waals surface area (Å²) in [6, 6.07) is 0. The van der Waals surface area contributed by atoms with E-state index >= 15 is 0 Å². The van der Waals surface area contributed by atoms with Gasteiger partial charge in [0, 0.05) is 0 Å². The van der Waals surface area contributed by atoms with Crippen LogP contribution < -0.4 is 0 Å². The molecule has 2 unspecified atom stereocenters. The first-order valence-electron chi connectivity index (χ1n) is 17.7. The van der Waals surface area contributed by atoms with Crippen molar-refractivity contribution in [3.05, 3.63) is 0 Å². The lowest BCUT2D eigenvalue weighted by Crippen LogP contribution is -2.71. The number of ether oxygens (including phenoxy) is 3. The fourth-order valence-electron chi connectivity index (χ4n) is 5.80. The second kappa shape index (κ2) is 24.5. The Balaban J connectivity index is 6.40. The largest absolute Gasteiger partial charge is 0.465 e. The molecule has 0 fully saturated rings. The van der Waals surface area contributed by atoms with Crippen LogP contribution in [0.1, 0.15) is 157 Å². The van der Waals surface area contributed by atoms with Crippen molar-refractivity contribution in [1.29, 1.82) is 0 Å². The lowest BCUT2D eigenvalue weighted by atomic mass is 9.60. The van der Waals surface area contributed by atoms with E-state index in [0.717, 1.165) is 104 Å². The van der Waals surface area contributed by atoms with Gasteiger partial charge >= 0.3 is 17.9 Å². The Morgan fingerprint density at radius 3 is 1.17 bits per heavy atom. The first kappa shape index (κ1) is 43.4. The van der Waals surface area contributed by atoms with E-state index in [1.807, 2.05) is 0 Å². The van der Waals surface area contributed by atoms with Crippen molar-refractivity contribution in [2.75, 3.05) is 19.8 Å². The smallest absolute Gasteiger partial charge is 0.341 e. The van der Waals surface area contributed by atoms with Crippen LogP contribution in [-0.4, -0.2) is 65.8 Å². The maximum Gasteiger partial charge on any atom is 0.341 e. The van der Waals surface area contributed by atoms with Crippen LogP contribution in [0.15, 0.2) is 0 Å². The Morgan fingerprint density at radius 1 is 0.500 bits per heavy atom. The van der Waals surface area contributed by atoms with Crippen molar-refractivity contribution in [2.45, 2.75) is 163 Å². The number of carbonyl (C=O) groups is 6. The van der Waals surface area contributed by atoms with Gasteiger partial charge in [-0.25, -0.2) is 4.79 Å². The Hall–Kier alpha value is -2.62. The van der Waals surface area contributed by atoms with E-state index in [2.05, 4.69) is 20.8 Å². The maximum absolute atomic E-state index is 13.8. The molecule has 46 heavy (non-hydrogen) atoms. The number of rotatable bonds is 29. The van der Waals surface area contributed by atoms with Crippen molar-refractivity contribution >= 4 is 35.3 Å². The molecule has 0 aromatic rings. The maximum atomic E-state index is 13.8. The average molecular weight is 655 g/mol. The van der Waals surface area contributed by atoms with Gasteiger partial charge in [-0.15, -0.1) is 0 Å². The fraction of sp³-hybridized carbons (Fsp3) is 0.833. The molecule has 0 aliphatic rings. The highest BCUT2D eigenvalue weighted by Crippen LogP contribution is 2.43. The van der Waals surface area contributed by atoms with Crippen LogP contribution in [-0.2, 0) is 43.0 Å². The second-order valence-electron chi connectivity index (χ2n) is 12.4. The van der Waals surface area contributed by atoms with E-state index in [1.165, 1.54) is 0 Å². The van der Waals surface area contributed by atoms with Gasteiger partial charge in [-0.1, -0.05) is 117 Å². The molecule has 0 heterocycles. The summed E-state index contributed by atoms with van der Waals surface area (Å²) in [7, 11) is 0. The highest BCUT2D eigenvalue weighted by Gasteiger charge is 2.74. The standard InChI is InChI=1S/C36H62O10/c1-7-10-13-16-19-22-25-44-32(40)31(28(4)37)36(43,34(42)46-27-24-21-18-15-12-9-3)35(29(5)38,30(6)39)33(41)45-26-23-20-17-14-11-8-2/h31,43H,7-27H2,1-6H3. The Morgan fingerprint density at radius 2 is 0.826 bits per heavy atom. The zero-order valence-corrected chi connectivity index (χ0v) is 29.5. The third kappa shape index (κ3) is 13.2. The van der Waals surface area contributed by atoms with Gasteiger partial charge in [0.25, 0.3) is 0 Å². The molecule has 0 aliphatic heterocycles. The Bertz CT molecular complexity index is 929. The predicted octanol–water partition coefficient (Wildman–Crippen LogP) is 6.80. The summed E-state index contributed by atoms with van der Waals surface area (Å²) >= 11 is 0. The third-order valence-electron chi connectivity index (χ3n) is 8.51. The summed E-state index contributed by atoms with van der Waals surface area (Å²) < 4.78 is 16.0. The molecule has 10 nitrogen and oxygen atoms in total. The monoisotopic (exact) mass is 654 g/mol. The quantitative estimate of drug-likeness (QED) is 0.0395. The summed E-state index contributed by atoms with van der Waals surface area (Å²) in [5.74, 6) is -10.4. The number of hydrogen-bond acceptors (Lipinski definition) is 10. The molecular formula is C36H62O10. The van der Waals surface area contributed by atoms with E-state index < -0.39 is 52.2 Å². The number of ketones is 3. The lowest BCUT2D eigenvalue weighted by molar-refractivity contribution is -0.209. The zero-order chi connectivity index (χ0) is 35.0. The van der Waals surface area contributed by atoms with Crippen LogP contribution in [0.4, 0.5) is 0 Å². The Labute approximate surface area is 277 Å². The van der Waals surface area contributed by atoms with Crippen LogP contribution in [0.2, 0.25) is 0 Å². The minimum Gasteiger partial charge on any atom is -0.465 e. The second-order valence-corrected chi connectivity index (χ2v) is 12.4. The molecule has 0 rings (SSSR count). The Kier molecular flexibility index (Phi) is 23.1. The lowest BCUT2D eigenvalue weighted by Gasteiger charge is -2.42. The van der Waals surface area contributed by atoms with Crippen molar-refractivity contribution in [2.24, 2.45) is 11.3 Å². The normalized spacial score (nSPS) is 13.4. The van der Waals surface area contributed by atoms with Crippen LogP contribution in [0, 0.1) is 11.3 Å². The first-order valence-corrected chi connectivity index (χ1v) is 17.7. The molecule has 2 atom stereocenters. The fourth-order valence-corrected chi connectivity index (χ4v) is 5.80.